The Morgan fingerprint density at radius 1 is 1.24 bits per heavy atom. The second-order valence-electron chi connectivity index (χ2n) is 9.11. The summed E-state index contributed by atoms with van der Waals surface area (Å²) in [6, 6.07) is 5.25. The molecule has 14 heteroatoms. The molecule has 1 aliphatic rings. The Bertz CT molecular complexity index is 1350. The summed E-state index contributed by atoms with van der Waals surface area (Å²) in [4.78, 5) is 18.0. The van der Waals surface area contributed by atoms with Crippen LogP contribution in [0.2, 0.25) is 15.1 Å². The number of amides is 1. The summed E-state index contributed by atoms with van der Waals surface area (Å²) in [7, 11) is 1.73. The number of imidazole rings is 1. The minimum atomic E-state index is -4.27. The Morgan fingerprint density at radius 3 is 2.66 bits per heavy atom. The van der Waals surface area contributed by atoms with E-state index >= 15 is 0 Å². The second kappa shape index (κ2) is 11.3. The number of carbonyl (C=O) groups excluding carboxylic acids is 1. The molecule has 4 rings (SSSR count). The number of aromatic nitrogens is 2. The van der Waals surface area contributed by atoms with Gasteiger partial charge in [-0.1, -0.05) is 40.9 Å². The summed E-state index contributed by atoms with van der Waals surface area (Å²) in [5, 5.41) is 6.40. The zero-order valence-electron chi connectivity index (χ0n) is 20.2. The number of fused-ring (bicyclic) bond motifs is 1. The largest absolute Gasteiger partial charge is 0.393 e. The van der Waals surface area contributed by atoms with Crippen molar-refractivity contribution < 1.29 is 22.4 Å². The van der Waals surface area contributed by atoms with Gasteiger partial charge in [-0.05, 0) is 36.6 Å². The third-order valence-electron chi connectivity index (χ3n) is 6.54. The molecule has 4 N–H and O–H groups in total. The van der Waals surface area contributed by atoms with Gasteiger partial charge in [-0.15, -0.1) is 0 Å². The van der Waals surface area contributed by atoms with E-state index in [1.54, 1.807) is 40.8 Å². The number of alkyl halides is 4. The third kappa shape index (κ3) is 5.90. The molecular weight excluding hydrogens is 571 g/mol. The summed E-state index contributed by atoms with van der Waals surface area (Å²) in [6.07, 6.45) is -3.77. The van der Waals surface area contributed by atoms with Gasteiger partial charge < -0.3 is 25.8 Å². The van der Waals surface area contributed by atoms with E-state index in [4.69, 9.17) is 40.5 Å². The number of aryl methyl sites for hydroxylation is 1. The van der Waals surface area contributed by atoms with E-state index in [0.29, 0.717) is 51.9 Å². The van der Waals surface area contributed by atoms with Crippen LogP contribution in [-0.2, 0) is 18.4 Å². The zero-order chi connectivity index (χ0) is 27.8. The molecule has 0 bridgehead atoms. The molecule has 2 aromatic carbocycles. The summed E-state index contributed by atoms with van der Waals surface area (Å²) in [5.74, 6) is -1.73. The minimum Gasteiger partial charge on any atom is -0.370 e. The van der Waals surface area contributed by atoms with Crippen LogP contribution < -0.4 is 21.3 Å². The minimum absolute atomic E-state index is 0.00647. The van der Waals surface area contributed by atoms with Gasteiger partial charge in [0.05, 0.1) is 43.4 Å². The molecule has 0 spiro atoms. The number of hydrogen-bond donors (Lipinski definition) is 3. The Labute approximate surface area is 231 Å². The third-order valence-corrected chi connectivity index (χ3v) is 7.59. The van der Waals surface area contributed by atoms with Crippen molar-refractivity contribution >= 4 is 69.1 Å². The molecule has 3 aromatic rings. The highest BCUT2D eigenvalue weighted by molar-refractivity contribution is 6.39. The maximum Gasteiger partial charge on any atom is 0.393 e. The van der Waals surface area contributed by atoms with Crippen LogP contribution in [0.4, 0.5) is 34.9 Å². The quantitative estimate of drug-likeness (QED) is 0.293. The molecule has 2 unspecified atom stereocenters. The van der Waals surface area contributed by atoms with E-state index in [1.807, 2.05) is 0 Å². The average molecular weight is 596 g/mol. The van der Waals surface area contributed by atoms with Crippen LogP contribution in [0, 0.1) is 5.92 Å². The van der Waals surface area contributed by atoms with Gasteiger partial charge in [-0.3, -0.25) is 4.79 Å². The lowest BCUT2D eigenvalue weighted by molar-refractivity contribution is -0.176. The van der Waals surface area contributed by atoms with Crippen molar-refractivity contribution in [2.75, 3.05) is 30.0 Å². The number of nitrogens with one attached hydrogen (secondary N) is 2. The van der Waals surface area contributed by atoms with Gasteiger partial charge in [-0.25, -0.2) is 9.37 Å². The van der Waals surface area contributed by atoms with E-state index in [2.05, 4.69) is 15.6 Å². The smallest absolute Gasteiger partial charge is 0.370 e. The highest BCUT2D eigenvalue weighted by atomic mass is 35.5. The fourth-order valence-electron chi connectivity index (χ4n) is 4.36. The van der Waals surface area contributed by atoms with Crippen molar-refractivity contribution in [2.45, 2.75) is 31.6 Å². The number of nitrogens with zero attached hydrogens (tertiary/aromatic N) is 3. The highest BCUT2D eigenvalue weighted by Crippen LogP contribution is 2.40. The first-order chi connectivity index (χ1) is 17.9. The van der Waals surface area contributed by atoms with E-state index in [-0.39, 0.29) is 29.6 Å². The second-order valence-corrected chi connectivity index (χ2v) is 10.3. The first kappa shape index (κ1) is 28.5. The average Bonchev–Trinajstić information content (AvgIpc) is 3.18. The number of rotatable bonds is 7. The number of anilines is 3. The maximum atomic E-state index is 13.3. The van der Waals surface area contributed by atoms with Crippen LogP contribution in [0.1, 0.15) is 18.4 Å². The lowest BCUT2D eigenvalue weighted by Crippen LogP contribution is -2.41. The van der Waals surface area contributed by atoms with Crippen molar-refractivity contribution in [3.05, 3.63) is 44.9 Å². The van der Waals surface area contributed by atoms with E-state index < -0.39 is 30.7 Å². The predicted molar refractivity (Wildman–Crippen MR) is 142 cm³/mol. The fourth-order valence-corrected chi connectivity index (χ4v) is 5.17. The molecule has 38 heavy (non-hydrogen) atoms. The van der Waals surface area contributed by atoms with Gasteiger partial charge in [0, 0.05) is 26.7 Å². The standard InChI is InChI=1S/C24H25Cl3F4N6O/c1-36-19-8-18(37-6-2-3-13(11-37)24(29,30)31)15(26)7-17(19)34-23(36)35-21-14(25)5-4-12(20(21)27)10-33-22(38)16(32)9-28/h4-5,7-8,13,16H,2-3,6,9-11,32H2,1H3,(H,33,38)(H,34,35). The van der Waals surface area contributed by atoms with E-state index in [1.165, 1.54) is 0 Å². The van der Waals surface area contributed by atoms with Gasteiger partial charge in [0.25, 0.3) is 0 Å². The molecule has 0 aliphatic carbocycles. The SMILES string of the molecule is Cn1c(Nc2c(Cl)ccc(CNC(=O)C(N)CF)c2Cl)nc2cc(Cl)c(N3CCCC(C(F)(F)F)C3)cc21. The van der Waals surface area contributed by atoms with Gasteiger partial charge in [-0.2, -0.15) is 13.2 Å². The summed E-state index contributed by atoms with van der Waals surface area (Å²) in [6.45, 7) is -0.701. The number of halogens is 7. The van der Waals surface area contributed by atoms with E-state index in [0.717, 1.165) is 0 Å². The lowest BCUT2D eigenvalue weighted by atomic mass is 9.97. The van der Waals surface area contributed by atoms with Gasteiger partial charge in [0.15, 0.2) is 0 Å². The van der Waals surface area contributed by atoms with Gasteiger partial charge >= 0.3 is 6.18 Å². The molecule has 1 fully saturated rings. The Morgan fingerprint density at radius 2 is 1.97 bits per heavy atom. The van der Waals surface area contributed by atoms with Crippen LogP contribution in [0.3, 0.4) is 0 Å². The first-order valence-corrected chi connectivity index (χ1v) is 12.8. The van der Waals surface area contributed by atoms with Gasteiger partial charge in [0.2, 0.25) is 11.9 Å². The van der Waals surface area contributed by atoms with Crippen LogP contribution in [0.5, 0.6) is 0 Å². The molecule has 206 valence electrons. The molecule has 0 saturated carbocycles. The van der Waals surface area contributed by atoms with E-state index in [9.17, 15) is 22.4 Å². The molecule has 2 atom stereocenters. The molecule has 1 aromatic heterocycles. The van der Waals surface area contributed by atoms with Crippen molar-refractivity contribution in [3.63, 3.8) is 0 Å². The summed E-state index contributed by atoms with van der Waals surface area (Å²) < 4.78 is 54.4. The Hall–Kier alpha value is -2.47. The number of nitrogens with two attached hydrogens (primary N) is 1. The lowest BCUT2D eigenvalue weighted by Gasteiger charge is -2.35. The number of piperidine rings is 1. The number of benzene rings is 2. The molecular formula is C24H25Cl3F4N6O. The molecule has 1 saturated heterocycles. The molecule has 1 aliphatic heterocycles. The number of carbonyl (C=O) groups is 1. The molecule has 2 heterocycles. The normalized spacial score (nSPS) is 17.1. The zero-order valence-corrected chi connectivity index (χ0v) is 22.4. The molecule has 0 radical (unpaired) electrons. The predicted octanol–water partition coefficient (Wildman–Crippen LogP) is 5.97. The van der Waals surface area contributed by atoms with Crippen LogP contribution in [0.15, 0.2) is 24.3 Å². The van der Waals surface area contributed by atoms with Crippen molar-refractivity contribution in [1.29, 1.82) is 0 Å². The van der Waals surface area contributed by atoms with Gasteiger partial charge in [0.1, 0.15) is 12.7 Å². The van der Waals surface area contributed by atoms with Crippen molar-refractivity contribution in [3.8, 4) is 0 Å². The monoisotopic (exact) mass is 594 g/mol. The molecule has 7 nitrogen and oxygen atoms in total. The Kier molecular flexibility index (Phi) is 8.51. The maximum absolute atomic E-state index is 13.3. The first-order valence-electron chi connectivity index (χ1n) is 11.7. The summed E-state index contributed by atoms with van der Waals surface area (Å²) in [5.41, 5.74) is 7.88. The highest BCUT2D eigenvalue weighted by Gasteiger charge is 2.42. The number of hydrogen-bond acceptors (Lipinski definition) is 5. The molecule has 1 amide bonds. The van der Waals surface area contributed by atoms with Crippen molar-refractivity contribution in [2.24, 2.45) is 18.7 Å². The Balaban J connectivity index is 1.61. The summed E-state index contributed by atoms with van der Waals surface area (Å²) >= 11 is 19.4. The van der Waals surface area contributed by atoms with Crippen molar-refractivity contribution in [1.82, 2.24) is 14.9 Å². The fraction of sp³-hybridized carbons (Fsp3) is 0.417. The van der Waals surface area contributed by atoms with Crippen LogP contribution in [0.25, 0.3) is 11.0 Å². The van der Waals surface area contributed by atoms with Crippen LogP contribution >= 0.6 is 34.8 Å². The topological polar surface area (TPSA) is 88.2 Å². The van der Waals surface area contributed by atoms with Crippen LogP contribution in [-0.4, -0.2) is 47.4 Å².